The number of aliphatic hydroxyl groups is 1. The van der Waals surface area contributed by atoms with Gasteiger partial charge in [-0.15, -0.1) is 0 Å². The van der Waals surface area contributed by atoms with Crippen molar-refractivity contribution in [3.63, 3.8) is 0 Å². The molecule has 2 aliphatic heterocycles. The minimum atomic E-state index is -0.325. The highest BCUT2D eigenvalue weighted by Gasteiger charge is 2.36. The standard InChI is InChI=1S/C16H22O4/c1-18-15-5-3-2-4-14(15)16(10-17)20-13-8-11-6-7-12(9-13)19-11/h2-5,11-13,16-17H,6-10H2,1H3. The first-order valence-electron chi connectivity index (χ1n) is 7.35. The van der Waals surface area contributed by atoms with E-state index in [0.717, 1.165) is 37.0 Å². The molecule has 3 unspecified atom stereocenters. The number of methoxy groups -OCH3 is 1. The summed E-state index contributed by atoms with van der Waals surface area (Å²) in [6, 6.07) is 7.71. The Balaban J connectivity index is 1.70. The highest BCUT2D eigenvalue weighted by Crippen LogP contribution is 2.37. The van der Waals surface area contributed by atoms with E-state index < -0.39 is 0 Å². The van der Waals surface area contributed by atoms with Gasteiger partial charge < -0.3 is 19.3 Å². The van der Waals surface area contributed by atoms with Gasteiger partial charge in [-0.1, -0.05) is 18.2 Å². The van der Waals surface area contributed by atoms with Crippen LogP contribution < -0.4 is 4.74 Å². The Morgan fingerprint density at radius 2 is 1.95 bits per heavy atom. The molecule has 2 bridgehead atoms. The molecule has 0 saturated carbocycles. The fraction of sp³-hybridized carbons (Fsp3) is 0.625. The lowest BCUT2D eigenvalue weighted by molar-refractivity contribution is -0.115. The van der Waals surface area contributed by atoms with Crippen molar-refractivity contribution < 1.29 is 19.3 Å². The van der Waals surface area contributed by atoms with Gasteiger partial charge in [-0.05, 0) is 31.7 Å². The maximum Gasteiger partial charge on any atom is 0.124 e. The smallest absolute Gasteiger partial charge is 0.124 e. The highest BCUT2D eigenvalue weighted by atomic mass is 16.5. The lowest BCUT2D eigenvalue weighted by Crippen LogP contribution is -2.32. The maximum absolute atomic E-state index is 9.67. The van der Waals surface area contributed by atoms with Gasteiger partial charge in [0.05, 0.1) is 32.0 Å². The lowest BCUT2D eigenvalue weighted by Gasteiger charge is -2.31. The first-order valence-corrected chi connectivity index (χ1v) is 7.35. The average Bonchev–Trinajstić information content (AvgIpc) is 2.83. The number of ether oxygens (including phenoxy) is 3. The van der Waals surface area contributed by atoms with Gasteiger partial charge in [-0.2, -0.15) is 0 Å². The summed E-state index contributed by atoms with van der Waals surface area (Å²) < 4.78 is 17.3. The summed E-state index contributed by atoms with van der Waals surface area (Å²) in [4.78, 5) is 0. The van der Waals surface area contributed by atoms with Crippen LogP contribution in [0, 0.1) is 0 Å². The van der Waals surface area contributed by atoms with Crippen molar-refractivity contribution in [2.24, 2.45) is 0 Å². The summed E-state index contributed by atoms with van der Waals surface area (Å²) >= 11 is 0. The number of rotatable bonds is 5. The van der Waals surface area contributed by atoms with Crippen LogP contribution in [0.15, 0.2) is 24.3 Å². The zero-order valence-electron chi connectivity index (χ0n) is 11.8. The van der Waals surface area contributed by atoms with Crippen LogP contribution in [0.1, 0.15) is 37.4 Å². The van der Waals surface area contributed by atoms with E-state index >= 15 is 0 Å². The number of hydrogen-bond donors (Lipinski definition) is 1. The molecule has 2 heterocycles. The van der Waals surface area contributed by atoms with E-state index in [1.54, 1.807) is 7.11 Å². The molecule has 0 aromatic heterocycles. The minimum Gasteiger partial charge on any atom is -0.496 e. The van der Waals surface area contributed by atoms with Gasteiger partial charge in [0.1, 0.15) is 11.9 Å². The van der Waals surface area contributed by atoms with E-state index in [4.69, 9.17) is 14.2 Å². The summed E-state index contributed by atoms with van der Waals surface area (Å²) in [5.41, 5.74) is 0.913. The third-order valence-electron chi connectivity index (χ3n) is 4.26. The van der Waals surface area contributed by atoms with Gasteiger partial charge in [0, 0.05) is 5.56 Å². The van der Waals surface area contributed by atoms with Crippen molar-refractivity contribution in [1.29, 1.82) is 0 Å². The molecule has 1 N–H and O–H groups in total. The lowest BCUT2D eigenvalue weighted by atomic mass is 10.0. The predicted octanol–water partition coefficient (Wildman–Crippen LogP) is 2.46. The van der Waals surface area contributed by atoms with Crippen LogP contribution in [0.4, 0.5) is 0 Å². The van der Waals surface area contributed by atoms with Gasteiger partial charge in [0.2, 0.25) is 0 Å². The molecule has 0 amide bonds. The summed E-state index contributed by atoms with van der Waals surface area (Å²) in [7, 11) is 1.64. The second kappa shape index (κ2) is 6.12. The molecular formula is C16H22O4. The number of benzene rings is 1. The topological polar surface area (TPSA) is 47.9 Å². The van der Waals surface area contributed by atoms with Crippen LogP contribution in [0.25, 0.3) is 0 Å². The highest BCUT2D eigenvalue weighted by molar-refractivity contribution is 5.35. The fourth-order valence-electron chi connectivity index (χ4n) is 3.30. The van der Waals surface area contributed by atoms with Gasteiger partial charge in [-0.3, -0.25) is 0 Å². The van der Waals surface area contributed by atoms with E-state index in [9.17, 15) is 5.11 Å². The fourth-order valence-corrected chi connectivity index (χ4v) is 3.30. The average molecular weight is 278 g/mol. The van der Waals surface area contributed by atoms with Crippen LogP contribution in [0.5, 0.6) is 5.75 Å². The van der Waals surface area contributed by atoms with Crippen molar-refractivity contribution in [3.05, 3.63) is 29.8 Å². The molecular weight excluding hydrogens is 256 g/mol. The molecule has 3 atom stereocenters. The number of hydrogen-bond acceptors (Lipinski definition) is 4. The Labute approximate surface area is 119 Å². The molecule has 3 rings (SSSR count). The van der Waals surface area contributed by atoms with Crippen molar-refractivity contribution in [3.8, 4) is 5.75 Å². The molecule has 110 valence electrons. The Kier molecular flexibility index (Phi) is 4.24. The van der Waals surface area contributed by atoms with Crippen LogP contribution in [0.3, 0.4) is 0 Å². The molecule has 1 aromatic carbocycles. The molecule has 20 heavy (non-hydrogen) atoms. The van der Waals surface area contributed by atoms with Gasteiger partial charge >= 0.3 is 0 Å². The summed E-state index contributed by atoms with van der Waals surface area (Å²) in [5.74, 6) is 0.765. The normalized spacial score (nSPS) is 30.2. The Hall–Kier alpha value is -1.10. The van der Waals surface area contributed by atoms with Gasteiger partial charge in [-0.25, -0.2) is 0 Å². The molecule has 4 heteroatoms. The second-order valence-corrected chi connectivity index (χ2v) is 5.60. The zero-order valence-corrected chi connectivity index (χ0v) is 11.8. The van der Waals surface area contributed by atoms with Crippen LogP contribution in [-0.4, -0.2) is 37.1 Å². The van der Waals surface area contributed by atoms with Crippen LogP contribution >= 0.6 is 0 Å². The number of fused-ring (bicyclic) bond motifs is 2. The molecule has 2 fully saturated rings. The third-order valence-corrected chi connectivity index (χ3v) is 4.26. The van der Waals surface area contributed by atoms with Crippen molar-refractivity contribution >= 4 is 0 Å². The Bertz CT molecular complexity index is 436. The van der Waals surface area contributed by atoms with E-state index in [1.807, 2.05) is 24.3 Å². The molecule has 0 aliphatic carbocycles. The first-order chi connectivity index (χ1) is 9.80. The van der Waals surface area contributed by atoms with Gasteiger partial charge in [0.15, 0.2) is 0 Å². The van der Waals surface area contributed by atoms with Crippen LogP contribution in [0.2, 0.25) is 0 Å². The SMILES string of the molecule is COc1ccccc1C(CO)OC1CC2CCC(C1)O2. The first kappa shape index (κ1) is 13.9. The van der Waals surface area contributed by atoms with E-state index in [1.165, 1.54) is 0 Å². The van der Waals surface area contributed by atoms with Gasteiger partial charge in [0.25, 0.3) is 0 Å². The monoisotopic (exact) mass is 278 g/mol. The summed E-state index contributed by atoms with van der Waals surface area (Å²) in [6.45, 7) is -0.0347. The predicted molar refractivity (Wildman–Crippen MR) is 74.8 cm³/mol. The third kappa shape index (κ3) is 2.82. The second-order valence-electron chi connectivity index (χ2n) is 5.60. The zero-order chi connectivity index (χ0) is 13.9. The van der Waals surface area contributed by atoms with Crippen molar-refractivity contribution in [2.45, 2.75) is 50.1 Å². The van der Waals surface area contributed by atoms with Crippen molar-refractivity contribution in [2.75, 3.05) is 13.7 Å². The van der Waals surface area contributed by atoms with Crippen LogP contribution in [-0.2, 0) is 9.47 Å². The maximum atomic E-state index is 9.67. The van der Waals surface area contributed by atoms with E-state index in [0.29, 0.717) is 12.2 Å². The molecule has 0 radical (unpaired) electrons. The Morgan fingerprint density at radius 3 is 2.60 bits per heavy atom. The Morgan fingerprint density at radius 1 is 1.25 bits per heavy atom. The quantitative estimate of drug-likeness (QED) is 0.899. The molecule has 4 nitrogen and oxygen atoms in total. The molecule has 2 saturated heterocycles. The van der Waals surface area contributed by atoms with E-state index in [2.05, 4.69) is 0 Å². The largest absolute Gasteiger partial charge is 0.496 e. The molecule has 0 spiro atoms. The van der Waals surface area contributed by atoms with E-state index in [-0.39, 0.29) is 18.8 Å². The summed E-state index contributed by atoms with van der Waals surface area (Å²) in [6.07, 6.45) is 4.68. The summed E-state index contributed by atoms with van der Waals surface area (Å²) in [5, 5.41) is 9.67. The van der Waals surface area contributed by atoms with Crippen molar-refractivity contribution in [1.82, 2.24) is 0 Å². The number of aliphatic hydroxyl groups excluding tert-OH is 1. The number of para-hydroxylation sites is 1. The molecule has 1 aromatic rings. The minimum absolute atomic E-state index is 0.0347. The molecule has 2 aliphatic rings.